The first kappa shape index (κ1) is 12.0. The molecule has 7 nitrogen and oxygen atoms in total. The number of aromatic nitrogens is 4. The van der Waals surface area contributed by atoms with E-state index in [1.807, 2.05) is 18.2 Å². The first-order chi connectivity index (χ1) is 8.59. The number of nitrogens with one attached hydrogen (secondary N) is 1. The normalized spacial score (nSPS) is 10.3. The van der Waals surface area contributed by atoms with Crippen molar-refractivity contribution in [3.05, 3.63) is 50.9 Å². The van der Waals surface area contributed by atoms with E-state index in [1.165, 1.54) is 14.1 Å². The third kappa shape index (κ3) is 2.29. The minimum atomic E-state index is -0.455. The molecule has 7 heteroatoms. The molecule has 0 aliphatic heterocycles. The average Bonchev–Trinajstić information content (AvgIpc) is 2.40. The molecule has 0 bridgehead atoms. The average molecular weight is 247 g/mol. The highest BCUT2D eigenvalue weighted by atomic mass is 16.2. The highest BCUT2D eigenvalue weighted by Crippen LogP contribution is 1.97. The second-order valence-electron chi connectivity index (χ2n) is 3.79. The lowest BCUT2D eigenvalue weighted by Gasteiger charge is -2.07. The van der Waals surface area contributed by atoms with Gasteiger partial charge < -0.3 is 5.32 Å². The quantitative estimate of drug-likeness (QED) is 0.789. The largest absolute Gasteiger partial charge is 0.358 e. The number of rotatable bonds is 3. The molecule has 2 rings (SSSR count). The van der Waals surface area contributed by atoms with Gasteiger partial charge in [-0.25, -0.2) is 9.48 Å². The predicted molar refractivity (Wildman–Crippen MR) is 66.3 cm³/mol. The lowest BCUT2D eigenvalue weighted by atomic mass is 10.3. The highest BCUT2D eigenvalue weighted by molar-refractivity contribution is 5.30. The van der Waals surface area contributed by atoms with Gasteiger partial charge in [0.15, 0.2) is 0 Å². The fourth-order valence-electron chi connectivity index (χ4n) is 1.49. The van der Waals surface area contributed by atoms with E-state index in [2.05, 4.69) is 15.4 Å². The molecule has 94 valence electrons. The zero-order valence-electron chi connectivity index (χ0n) is 10.1. The Balaban J connectivity index is 2.26. The van der Waals surface area contributed by atoms with Gasteiger partial charge in [-0.15, -0.1) is 5.10 Å². The van der Waals surface area contributed by atoms with Crippen LogP contribution in [0.15, 0.2) is 34.0 Å². The molecular weight excluding hydrogens is 234 g/mol. The standard InChI is InChI=1S/C11H13N5O2/c1-15-10(17)9(14-16(2)11(15)18)13-7-8-5-3-4-6-12-8/h3-6H,7H2,1-2H3,(H,13,14). The topological polar surface area (TPSA) is 81.8 Å². The van der Waals surface area contributed by atoms with Crippen molar-refractivity contribution >= 4 is 5.82 Å². The Morgan fingerprint density at radius 1 is 1.28 bits per heavy atom. The smallest absolute Gasteiger partial charge is 0.346 e. The van der Waals surface area contributed by atoms with Crippen molar-refractivity contribution in [3.8, 4) is 0 Å². The van der Waals surface area contributed by atoms with Crippen molar-refractivity contribution < 1.29 is 0 Å². The van der Waals surface area contributed by atoms with Crippen LogP contribution < -0.4 is 16.6 Å². The van der Waals surface area contributed by atoms with Crippen LogP contribution >= 0.6 is 0 Å². The lowest BCUT2D eigenvalue weighted by Crippen LogP contribution is -2.39. The van der Waals surface area contributed by atoms with Crippen LogP contribution in [0.2, 0.25) is 0 Å². The SMILES string of the molecule is Cn1nc(NCc2ccccn2)c(=O)n(C)c1=O. The minimum absolute atomic E-state index is 0.130. The summed E-state index contributed by atoms with van der Waals surface area (Å²) >= 11 is 0. The van der Waals surface area contributed by atoms with Crippen LogP contribution in [0, 0.1) is 0 Å². The third-order valence-corrected chi connectivity index (χ3v) is 2.48. The van der Waals surface area contributed by atoms with Crippen molar-refractivity contribution in [3.63, 3.8) is 0 Å². The van der Waals surface area contributed by atoms with Gasteiger partial charge in [0, 0.05) is 20.3 Å². The molecule has 0 saturated carbocycles. The second-order valence-corrected chi connectivity index (χ2v) is 3.79. The molecule has 0 atom stereocenters. The Morgan fingerprint density at radius 3 is 2.72 bits per heavy atom. The maximum Gasteiger partial charge on any atom is 0.346 e. The molecule has 0 spiro atoms. The number of hydrogen-bond donors (Lipinski definition) is 1. The summed E-state index contributed by atoms with van der Waals surface area (Å²) in [5.41, 5.74) is -0.118. The fourth-order valence-corrected chi connectivity index (χ4v) is 1.49. The van der Waals surface area contributed by atoms with E-state index in [4.69, 9.17) is 0 Å². The Bertz CT molecular complexity index is 659. The summed E-state index contributed by atoms with van der Waals surface area (Å²) < 4.78 is 2.12. The van der Waals surface area contributed by atoms with E-state index < -0.39 is 11.2 Å². The number of nitrogens with zero attached hydrogens (tertiary/aromatic N) is 4. The molecule has 2 aromatic heterocycles. The van der Waals surface area contributed by atoms with Crippen molar-refractivity contribution in [2.45, 2.75) is 6.54 Å². The molecule has 1 N–H and O–H groups in total. The molecule has 0 unspecified atom stereocenters. The molecular formula is C11H13N5O2. The van der Waals surface area contributed by atoms with E-state index in [9.17, 15) is 9.59 Å². The lowest BCUT2D eigenvalue weighted by molar-refractivity contribution is 0.604. The molecule has 0 aliphatic carbocycles. The van der Waals surface area contributed by atoms with E-state index >= 15 is 0 Å². The van der Waals surface area contributed by atoms with Crippen molar-refractivity contribution in [1.29, 1.82) is 0 Å². The van der Waals surface area contributed by atoms with Crippen LogP contribution in [0.4, 0.5) is 5.82 Å². The number of pyridine rings is 1. The van der Waals surface area contributed by atoms with Gasteiger partial charge in [-0.3, -0.25) is 14.3 Å². The second kappa shape index (κ2) is 4.82. The van der Waals surface area contributed by atoms with Crippen LogP contribution in [0.25, 0.3) is 0 Å². The molecule has 2 aromatic rings. The maximum absolute atomic E-state index is 11.8. The van der Waals surface area contributed by atoms with Crippen LogP contribution in [0.1, 0.15) is 5.69 Å². The van der Waals surface area contributed by atoms with Crippen molar-refractivity contribution in [2.75, 3.05) is 5.32 Å². The summed E-state index contributed by atoms with van der Waals surface area (Å²) in [7, 11) is 2.91. The zero-order chi connectivity index (χ0) is 13.1. The highest BCUT2D eigenvalue weighted by Gasteiger charge is 2.07. The Hall–Kier alpha value is -2.44. The van der Waals surface area contributed by atoms with Gasteiger partial charge in [-0.2, -0.15) is 0 Å². The van der Waals surface area contributed by atoms with Gasteiger partial charge in [0.05, 0.1) is 12.2 Å². The zero-order valence-corrected chi connectivity index (χ0v) is 10.1. The van der Waals surface area contributed by atoms with Crippen LogP contribution in [0.5, 0.6) is 0 Å². The molecule has 0 amide bonds. The summed E-state index contributed by atoms with van der Waals surface area (Å²) in [6.07, 6.45) is 1.67. The van der Waals surface area contributed by atoms with Gasteiger partial charge in [-0.05, 0) is 12.1 Å². The molecule has 0 radical (unpaired) electrons. The van der Waals surface area contributed by atoms with Crippen molar-refractivity contribution in [1.82, 2.24) is 19.3 Å². The van der Waals surface area contributed by atoms with E-state index in [1.54, 1.807) is 6.20 Å². The minimum Gasteiger partial charge on any atom is -0.358 e. The van der Waals surface area contributed by atoms with Gasteiger partial charge >= 0.3 is 5.69 Å². The van der Waals surface area contributed by atoms with Crippen LogP contribution in [-0.4, -0.2) is 19.3 Å². The number of anilines is 1. The summed E-state index contributed by atoms with van der Waals surface area (Å²) in [5.74, 6) is 0.130. The fraction of sp³-hybridized carbons (Fsp3) is 0.273. The first-order valence-electron chi connectivity index (χ1n) is 5.37. The van der Waals surface area contributed by atoms with Gasteiger partial charge in [0.2, 0.25) is 5.82 Å². The van der Waals surface area contributed by atoms with Gasteiger partial charge in [0.1, 0.15) is 0 Å². The van der Waals surface area contributed by atoms with E-state index in [-0.39, 0.29) is 5.82 Å². The van der Waals surface area contributed by atoms with E-state index in [0.29, 0.717) is 6.54 Å². The summed E-state index contributed by atoms with van der Waals surface area (Å²) in [6.45, 7) is 0.376. The Morgan fingerprint density at radius 2 is 2.06 bits per heavy atom. The predicted octanol–water partition coefficient (Wildman–Crippen LogP) is -0.514. The molecule has 0 saturated heterocycles. The monoisotopic (exact) mass is 247 g/mol. The molecule has 2 heterocycles. The summed E-state index contributed by atoms with van der Waals surface area (Å²) in [5, 5.41) is 6.75. The first-order valence-corrected chi connectivity index (χ1v) is 5.37. The molecule has 0 fully saturated rings. The Labute approximate surface area is 103 Å². The van der Waals surface area contributed by atoms with Crippen molar-refractivity contribution in [2.24, 2.45) is 14.1 Å². The van der Waals surface area contributed by atoms with Gasteiger partial charge in [-0.1, -0.05) is 6.07 Å². The summed E-state index contributed by atoms with van der Waals surface area (Å²) in [6, 6.07) is 5.50. The molecule has 0 aliphatic rings. The number of hydrogen-bond acceptors (Lipinski definition) is 5. The molecule has 18 heavy (non-hydrogen) atoms. The molecule has 0 aromatic carbocycles. The third-order valence-electron chi connectivity index (χ3n) is 2.48. The van der Waals surface area contributed by atoms with Gasteiger partial charge in [0.25, 0.3) is 5.56 Å². The Kier molecular flexibility index (Phi) is 3.22. The maximum atomic E-state index is 11.8. The van der Waals surface area contributed by atoms with E-state index in [0.717, 1.165) is 14.9 Å². The van der Waals surface area contributed by atoms with Crippen LogP contribution in [0.3, 0.4) is 0 Å². The summed E-state index contributed by atoms with van der Waals surface area (Å²) in [4.78, 5) is 27.3. The van der Waals surface area contributed by atoms with Crippen LogP contribution in [-0.2, 0) is 20.6 Å². The number of aryl methyl sites for hydroxylation is 1.